The van der Waals surface area contributed by atoms with Gasteiger partial charge >= 0.3 is 6.18 Å². The number of anilines is 1. The Morgan fingerprint density at radius 2 is 1.94 bits per heavy atom. The van der Waals surface area contributed by atoms with E-state index in [9.17, 15) is 22.4 Å². The van der Waals surface area contributed by atoms with Gasteiger partial charge in [-0.25, -0.2) is 4.39 Å². The Morgan fingerprint density at radius 1 is 1.35 bits per heavy atom. The van der Waals surface area contributed by atoms with E-state index >= 15 is 0 Å². The molecule has 0 aliphatic rings. The van der Waals surface area contributed by atoms with E-state index in [1.807, 2.05) is 0 Å². The maximum absolute atomic E-state index is 13.1. The van der Waals surface area contributed by atoms with Crippen molar-refractivity contribution in [3.05, 3.63) is 23.5 Å². The molecule has 0 saturated heterocycles. The number of halogens is 4. The zero-order valence-electron chi connectivity index (χ0n) is 8.34. The molecule has 0 unspecified atom stereocenters. The molecule has 17 heavy (non-hydrogen) atoms. The second-order valence-electron chi connectivity index (χ2n) is 3.14. The van der Waals surface area contributed by atoms with Gasteiger partial charge in [-0.05, 0) is 6.07 Å². The summed E-state index contributed by atoms with van der Waals surface area (Å²) in [5.41, 5.74) is 9.58. The van der Waals surface area contributed by atoms with Gasteiger partial charge in [0.25, 0.3) is 5.91 Å². The smallest absolute Gasteiger partial charge is 0.422 e. The molecule has 0 fully saturated rings. The first-order valence-corrected chi connectivity index (χ1v) is 4.29. The topological polar surface area (TPSA) is 78.3 Å². The molecule has 0 aliphatic carbocycles. The van der Waals surface area contributed by atoms with Crippen molar-refractivity contribution in [2.24, 2.45) is 5.73 Å². The van der Waals surface area contributed by atoms with E-state index in [0.29, 0.717) is 6.07 Å². The summed E-state index contributed by atoms with van der Waals surface area (Å²) in [7, 11) is 0. The number of alkyl halides is 3. The van der Waals surface area contributed by atoms with Crippen molar-refractivity contribution in [1.29, 1.82) is 0 Å². The first-order valence-electron chi connectivity index (χ1n) is 4.29. The van der Waals surface area contributed by atoms with Crippen molar-refractivity contribution < 1.29 is 27.1 Å². The Hall–Kier alpha value is -1.99. The highest BCUT2D eigenvalue weighted by Crippen LogP contribution is 2.26. The minimum Gasteiger partial charge on any atom is -0.481 e. The standard InChI is InChI=1S/C9H8F4N2O2/c10-5-2-6(14)4(8(15)16)1-7(5)17-3-9(11,12)13/h1-2H,3,14H2,(H2,15,16). The van der Waals surface area contributed by atoms with Gasteiger partial charge in [0.1, 0.15) is 0 Å². The lowest BCUT2D eigenvalue weighted by molar-refractivity contribution is -0.153. The largest absolute Gasteiger partial charge is 0.481 e. The predicted molar refractivity (Wildman–Crippen MR) is 50.9 cm³/mol. The van der Waals surface area contributed by atoms with Gasteiger partial charge < -0.3 is 16.2 Å². The Balaban J connectivity index is 3.00. The molecule has 4 nitrogen and oxygen atoms in total. The normalized spacial score (nSPS) is 11.3. The number of primary amides is 1. The van der Waals surface area contributed by atoms with Crippen LogP contribution in [0.1, 0.15) is 10.4 Å². The summed E-state index contributed by atoms with van der Waals surface area (Å²) in [5.74, 6) is -2.82. The van der Waals surface area contributed by atoms with E-state index in [-0.39, 0.29) is 11.3 Å². The summed E-state index contributed by atoms with van der Waals surface area (Å²) < 4.78 is 52.9. The molecular formula is C9H8F4N2O2. The van der Waals surface area contributed by atoms with Crippen LogP contribution in [0.15, 0.2) is 12.1 Å². The van der Waals surface area contributed by atoms with Gasteiger partial charge in [0.2, 0.25) is 0 Å². The lowest BCUT2D eigenvalue weighted by Crippen LogP contribution is -2.20. The summed E-state index contributed by atoms with van der Waals surface area (Å²) in [4.78, 5) is 10.8. The van der Waals surface area contributed by atoms with Gasteiger partial charge in [-0.2, -0.15) is 13.2 Å². The molecule has 94 valence electrons. The third-order valence-corrected chi connectivity index (χ3v) is 1.76. The number of rotatable bonds is 3. The summed E-state index contributed by atoms with van der Waals surface area (Å²) in [6, 6.07) is 1.41. The molecule has 1 aromatic carbocycles. The van der Waals surface area contributed by atoms with E-state index in [2.05, 4.69) is 4.74 Å². The van der Waals surface area contributed by atoms with Gasteiger partial charge in [0.15, 0.2) is 18.2 Å². The molecule has 0 saturated carbocycles. The summed E-state index contributed by atoms with van der Waals surface area (Å²) in [6.07, 6.45) is -4.61. The van der Waals surface area contributed by atoms with Gasteiger partial charge in [0.05, 0.1) is 5.56 Å². The molecule has 1 amide bonds. The number of hydrogen-bond donors (Lipinski definition) is 2. The Morgan fingerprint density at radius 3 is 2.41 bits per heavy atom. The fraction of sp³-hybridized carbons (Fsp3) is 0.222. The second kappa shape index (κ2) is 4.48. The predicted octanol–water partition coefficient (Wildman–Crippen LogP) is 1.45. The number of ether oxygens (including phenoxy) is 1. The van der Waals surface area contributed by atoms with Crippen LogP contribution in [0.3, 0.4) is 0 Å². The average molecular weight is 252 g/mol. The summed E-state index contributed by atoms with van der Waals surface area (Å²) in [5, 5.41) is 0. The number of nitrogens with two attached hydrogens (primary N) is 2. The lowest BCUT2D eigenvalue weighted by Gasteiger charge is -2.11. The highest BCUT2D eigenvalue weighted by Gasteiger charge is 2.29. The maximum Gasteiger partial charge on any atom is 0.422 e. The van der Waals surface area contributed by atoms with E-state index in [4.69, 9.17) is 11.5 Å². The van der Waals surface area contributed by atoms with Gasteiger partial charge in [0, 0.05) is 11.8 Å². The maximum atomic E-state index is 13.1. The monoisotopic (exact) mass is 252 g/mol. The lowest BCUT2D eigenvalue weighted by atomic mass is 10.1. The quantitative estimate of drug-likeness (QED) is 0.631. The summed E-state index contributed by atoms with van der Waals surface area (Å²) >= 11 is 0. The molecule has 0 aliphatic heterocycles. The van der Waals surface area contributed by atoms with E-state index in [0.717, 1.165) is 6.07 Å². The van der Waals surface area contributed by atoms with Crippen LogP contribution in [0.2, 0.25) is 0 Å². The molecule has 0 radical (unpaired) electrons. The third kappa shape index (κ3) is 3.51. The fourth-order valence-electron chi connectivity index (χ4n) is 1.05. The van der Waals surface area contributed by atoms with Gasteiger partial charge in [-0.15, -0.1) is 0 Å². The van der Waals surface area contributed by atoms with E-state index in [1.165, 1.54) is 0 Å². The van der Waals surface area contributed by atoms with Crippen LogP contribution in [0.4, 0.5) is 23.2 Å². The molecule has 8 heteroatoms. The Kier molecular flexibility index (Phi) is 3.45. The molecule has 1 rings (SSSR count). The molecule has 4 N–H and O–H groups in total. The number of benzene rings is 1. The van der Waals surface area contributed by atoms with E-state index in [1.54, 1.807) is 0 Å². The Bertz CT molecular complexity index is 445. The first-order chi connectivity index (χ1) is 7.70. The van der Waals surface area contributed by atoms with Gasteiger partial charge in [-0.3, -0.25) is 4.79 Å². The minimum atomic E-state index is -4.61. The molecule has 0 heterocycles. The fourth-order valence-corrected chi connectivity index (χ4v) is 1.05. The van der Waals surface area contributed by atoms with Crippen molar-refractivity contribution in [1.82, 2.24) is 0 Å². The van der Waals surface area contributed by atoms with Crippen LogP contribution < -0.4 is 16.2 Å². The van der Waals surface area contributed by atoms with Crippen LogP contribution >= 0.6 is 0 Å². The SMILES string of the molecule is NC(=O)c1cc(OCC(F)(F)F)c(F)cc1N. The zero-order chi connectivity index (χ0) is 13.2. The van der Waals surface area contributed by atoms with Crippen LogP contribution in [0.25, 0.3) is 0 Å². The Labute approximate surface area is 93.1 Å². The molecule has 0 atom stereocenters. The van der Waals surface area contributed by atoms with Crippen LogP contribution in [-0.4, -0.2) is 18.7 Å². The number of carbonyl (C=O) groups excluding carboxylic acids is 1. The van der Waals surface area contributed by atoms with Crippen molar-refractivity contribution >= 4 is 11.6 Å². The highest BCUT2D eigenvalue weighted by atomic mass is 19.4. The number of carbonyl (C=O) groups is 1. The number of hydrogen-bond acceptors (Lipinski definition) is 3. The van der Waals surface area contributed by atoms with E-state index < -0.39 is 30.3 Å². The minimum absolute atomic E-state index is 0.269. The molecule has 0 bridgehead atoms. The molecule has 1 aromatic rings. The van der Waals surface area contributed by atoms with Crippen molar-refractivity contribution in [2.75, 3.05) is 12.3 Å². The van der Waals surface area contributed by atoms with Crippen LogP contribution in [0, 0.1) is 5.82 Å². The van der Waals surface area contributed by atoms with Crippen molar-refractivity contribution in [3.63, 3.8) is 0 Å². The molecular weight excluding hydrogens is 244 g/mol. The third-order valence-electron chi connectivity index (χ3n) is 1.76. The first kappa shape index (κ1) is 13.1. The van der Waals surface area contributed by atoms with Gasteiger partial charge in [-0.1, -0.05) is 0 Å². The highest BCUT2D eigenvalue weighted by molar-refractivity contribution is 5.98. The zero-order valence-corrected chi connectivity index (χ0v) is 8.34. The van der Waals surface area contributed by atoms with Crippen molar-refractivity contribution in [3.8, 4) is 5.75 Å². The van der Waals surface area contributed by atoms with Crippen LogP contribution in [0.5, 0.6) is 5.75 Å². The van der Waals surface area contributed by atoms with Crippen LogP contribution in [-0.2, 0) is 0 Å². The second-order valence-corrected chi connectivity index (χ2v) is 3.14. The average Bonchev–Trinajstić information content (AvgIpc) is 2.14. The van der Waals surface area contributed by atoms with Crippen molar-refractivity contribution in [2.45, 2.75) is 6.18 Å². The molecule has 0 spiro atoms. The molecule has 0 aromatic heterocycles. The number of amides is 1. The summed E-state index contributed by atoms with van der Waals surface area (Å²) in [6.45, 7) is -1.67. The number of nitrogen functional groups attached to an aromatic ring is 1.